The van der Waals surface area contributed by atoms with Crippen LogP contribution in [0.4, 0.5) is 13.2 Å². The van der Waals surface area contributed by atoms with Gasteiger partial charge in [-0.3, -0.25) is 14.7 Å². The number of hydrogen-bond donors (Lipinski definition) is 1. The summed E-state index contributed by atoms with van der Waals surface area (Å²) in [5, 5.41) is 7.83. The molecule has 0 radical (unpaired) electrons. The fraction of sp³-hybridized carbons (Fsp3) is 0.318. The molecule has 0 atom stereocenters. The van der Waals surface area contributed by atoms with Crippen LogP contribution in [0.5, 0.6) is 5.75 Å². The Morgan fingerprint density at radius 3 is 2.66 bits per heavy atom. The number of alkyl halides is 3. The van der Waals surface area contributed by atoms with Crippen LogP contribution in [0, 0.1) is 0 Å². The molecule has 0 unspecified atom stereocenters. The van der Waals surface area contributed by atoms with Gasteiger partial charge in [0.2, 0.25) is 0 Å². The van der Waals surface area contributed by atoms with Gasteiger partial charge in [-0.05, 0) is 30.3 Å². The molecule has 32 heavy (non-hydrogen) atoms. The third-order valence-electron chi connectivity index (χ3n) is 6.13. The fourth-order valence-electron chi connectivity index (χ4n) is 4.39. The van der Waals surface area contributed by atoms with Crippen molar-refractivity contribution in [3.63, 3.8) is 0 Å². The lowest BCUT2D eigenvalue weighted by atomic mass is 9.82. The number of nitrogens with zero attached hydrogens (tertiary/aromatic N) is 2. The van der Waals surface area contributed by atoms with Gasteiger partial charge < -0.3 is 9.64 Å². The standard InChI is InChI=1S/C22H17ClF3N3O3/c23-16-8-12(7-13-11-27-28-19(13)16)20(31)29-5-3-21(4-6-29)10-17(30)15-9-14(22(24,25)26)1-2-18(15)32-21/h1-2,7-9,11H,3-6,10H2,(H,27,28). The largest absolute Gasteiger partial charge is 0.486 e. The van der Waals surface area contributed by atoms with Gasteiger partial charge in [-0.2, -0.15) is 18.3 Å². The molecule has 1 N–H and O–H groups in total. The van der Waals surface area contributed by atoms with Gasteiger partial charge in [0, 0.05) is 36.9 Å². The fourth-order valence-corrected chi connectivity index (χ4v) is 4.66. The van der Waals surface area contributed by atoms with Crippen molar-refractivity contribution in [2.24, 2.45) is 0 Å². The van der Waals surface area contributed by atoms with Crippen molar-refractivity contribution in [3.05, 3.63) is 58.2 Å². The molecule has 2 aliphatic heterocycles. The monoisotopic (exact) mass is 463 g/mol. The molecule has 6 nitrogen and oxygen atoms in total. The van der Waals surface area contributed by atoms with E-state index in [1.807, 2.05) is 0 Å². The van der Waals surface area contributed by atoms with Crippen LogP contribution < -0.4 is 4.74 Å². The van der Waals surface area contributed by atoms with Gasteiger partial charge in [-0.1, -0.05) is 11.6 Å². The maximum atomic E-state index is 13.0. The number of likely N-dealkylation sites (tertiary alicyclic amines) is 1. The highest BCUT2D eigenvalue weighted by atomic mass is 35.5. The lowest BCUT2D eigenvalue weighted by molar-refractivity contribution is -0.137. The van der Waals surface area contributed by atoms with Crippen molar-refractivity contribution < 1.29 is 27.5 Å². The highest BCUT2D eigenvalue weighted by molar-refractivity contribution is 6.35. The summed E-state index contributed by atoms with van der Waals surface area (Å²) in [5.41, 5.74) is -0.662. The molecule has 1 aromatic heterocycles. The topological polar surface area (TPSA) is 75.3 Å². The van der Waals surface area contributed by atoms with Gasteiger partial charge in [0.1, 0.15) is 11.4 Å². The van der Waals surface area contributed by atoms with Gasteiger partial charge in [-0.25, -0.2) is 0 Å². The second-order valence-corrected chi connectivity index (χ2v) is 8.59. The van der Waals surface area contributed by atoms with Gasteiger partial charge in [0.15, 0.2) is 5.78 Å². The Kier molecular flexibility index (Phi) is 4.70. The van der Waals surface area contributed by atoms with E-state index in [1.165, 1.54) is 6.07 Å². The summed E-state index contributed by atoms with van der Waals surface area (Å²) in [6, 6.07) is 6.27. The molecule has 2 aliphatic rings. The number of aromatic nitrogens is 2. The molecule has 0 saturated carbocycles. The van der Waals surface area contributed by atoms with E-state index in [1.54, 1.807) is 23.2 Å². The van der Waals surface area contributed by atoms with Crippen molar-refractivity contribution in [2.45, 2.75) is 31.0 Å². The van der Waals surface area contributed by atoms with E-state index < -0.39 is 17.3 Å². The van der Waals surface area contributed by atoms with Crippen LogP contribution >= 0.6 is 11.6 Å². The number of nitrogens with one attached hydrogen (secondary N) is 1. The first-order valence-electron chi connectivity index (χ1n) is 10.0. The number of carbonyl (C=O) groups is 2. The van der Waals surface area contributed by atoms with E-state index in [9.17, 15) is 22.8 Å². The van der Waals surface area contributed by atoms with Gasteiger partial charge in [-0.15, -0.1) is 0 Å². The predicted octanol–water partition coefficient (Wildman–Crippen LogP) is 4.88. The number of ether oxygens (including phenoxy) is 1. The number of amides is 1. The molecule has 2 aromatic carbocycles. The number of hydrogen-bond acceptors (Lipinski definition) is 4. The normalized spacial score (nSPS) is 18.0. The minimum absolute atomic E-state index is 0.0177. The highest BCUT2D eigenvalue weighted by Gasteiger charge is 2.44. The van der Waals surface area contributed by atoms with Crippen LogP contribution in [0.25, 0.3) is 10.9 Å². The zero-order valence-corrected chi connectivity index (χ0v) is 17.4. The number of halogens is 4. The first-order chi connectivity index (χ1) is 15.2. The molecule has 1 amide bonds. The number of piperidine rings is 1. The number of ketones is 1. The molecule has 0 bridgehead atoms. The number of rotatable bonds is 1. The van der Waals surface area contributed by atoms with E-state index in [0.29, 0.717) is 42.0 Å². The summed E-state index contributed by atoms with van der Waals surface area (Å²) in [7, 11) is 0. The van der Waals surface area contributed by atoms with Crippen LogP contribution in [0.1, 0.15) is 45.5 Å². The van der Waals surface area contributed by atoms with E-state index in [-0.39, 0.29) is 29.4 Å². The second-order valence-electron chi connectivity index (χ2n) is 8.18. The zero-order chi connectivity index (χ0) is 22.7. The van der Waals surface area contributed by atoms with E-state index >= 15 is 0 Å². The number of H-pyrrole nitrogens is 1. The second kappa shape index (κ2) is 7.23. The number of aromatic amines is 1. The van der Waals surface area contributed by atoms with Crippen molar-refractivity contribution in [2.75, 3.05) is 13.1 Å². The first-order valence-corrected chi connectivity index (χ1v) is 10.4. The van der Waals surface area contributed by atoms with Crippen LogP contribution in [-0.4, -0.2) is 45.5 Å². The van der Waals surface area contributed by atoms with Crippen LogP contribution in [0.2, 0.25) is 5.02 Å². The molecule has 166 valence electrons. The quantitative estimate of drug-likeness (QED) is 0.558. The number of benzene rings is 2. The third-order valence-corrected chi connectivity index (χ3v) is 6.42. The molecule has 5 rings (SSSR count). The Morgan fingerprint density at radius 2 is 1.94 bits per heavy atom. The predicted molar refractivity (Wildman–Crippen MR) is 110 cm³/mol. The number of carbonyl (C=O) groups excluding carboxylic acids is 2. The molecule has 0 aliphatic carbocycles. The summed E-state index contributed by atoms with van der Waals surface area (Å²) >= 11 is 6.24. The van der Waals surface area contributed by atoms with E-state index in [0.717, 1.165) is 17.5 Å². The first kappa shape index (κ1) is 20.8. The molecular formula is C22H17ClF3N3O3. The average Bonchev–Trinajstić information content (AvgIpc) is 3.22. The lowest BCUT2D eigenvalue weighted by Crippen LogP contribution is -2.52. The van der Waals surface area contributed by atoms with Crippen LogP contribution in [0.3, 0.4) is 0 Å². The maximum Gasteiger partial charge on any atom is 0.416 e. The molecule has 1 saturated heterocycles. The summed E-state index contributed by atoms with van der Waals surface area (Å²) in [5.74, 6) is -0.414. The zero-order valence-electron chi connectivity index (χ0n) is 16.6. The minimum Gasteiger partial charge on any atom is -0.486 e. The van der Waals surface area contributed by atoms with Crippen LogP contribution in [0.15, 0.2) is 36.5 Å². The number of Topliss-reactive ketones (excluding diaryl/α,β-unsaturated/α-hetero) is 1. The average molecular weight is 464 g/mol. The SMILES string of the molecule is O=C1CC2(CCN(C(=O)c3cc(Cl)c4[nH]ncc4c3)CC2)Oc2ccc(C(F)(F)F)cc21. The Labute approximate surface area is 185 Å². The minimum atomic E-state index is -4.53. The molecule has 3 heterocycles. The van der Waals surface area contributed by atoms with Gasteiger partial charge >= 0.3 is 6.18 Å². The molecule has 1 fully saturated rings. The summed E-state index contributed by atoms with van der Waals surface area (Å²) in [6.07, 6.45) is -2.17. The Balaban J connectivity index is 1.33. The summed E-state index contributed by atoms with van der Waals surface area (Å²) in [4.78, 5) is 27.3. The van der Waals surface area contributed by atoms with Crippen molar-refractivity contribution >= 4 is 34.2 Å². The van der Waals surface area contributed by atoms with E-state index in [4.69, 9.17) is 16.3 Å². The Bertz CT molecular complexity index is 1250. The summed E-state index contributed by atoms with van der Waals surface area (Å²) < 4.78 is 45.0. The van der Waals surface area contributed by atoms with Gasteiger partial charge in [0.25, 0.3) is 5.91 Å². The Morgan fingerprint density at radius 1 is 1.19 bits per heavy atom. The Hall–Kier alpha value is -3.07. The lowest BCUT2D eigenvalue weighted by Gasteiger charge is -2.44. The smallest absolute Gasteiger partial charge is 0.416 e. The van der Waals surface area contributed by atoms with Gasteiger partial charge in [0.05, 0.1) is 34.3 Å². The third kappa shape index (κ3) is 3.50. The van der Waals surface area contributed by atoms with Crippen molar-refractivity contribution in [1.29, 1.82) is 0 Å². The molecule has 1 spiro atoms. The highest BCUT2D eigenvalue weighted by Crippen LogP contribution is 2.42. The summed E-state index contributed by atoms with van der Waals surface area (Å²) in [6.45, 7) is 0.701. The van der Waals surface area contributed by atoms with E-state index in [2.05, 4.69) is 10.2 Å². The molecule has 10 heteroatoms. The van der Waals surface area contributed by atoms with Crippen LogP contribution in [-0.2, 0) is 6.18 Å². The maximum absolute atomic E-state index is 13.0. The van der Waals surface area contributed by atoms with Crippen molar-refractivity contribution in [1.82, 2.24) is 15.1 Å². The molecule has 3 aromatic rings. The number of fused-ring (bicyclic) bond motifs is 2. The molecular weight excluding hydrogens is 447 g/mol. The van der Waals surface area contributed by atoms with Crippen molar-refractivity contribution in [3.8, 4) is 5.75 Å².